The minimum absolute atomic E-state index is 0.00441. The molecule has 2 aromatic heterocycles. The van der Waals surface area contributed by atoms with E-state index in [0.29, 0.717) is 84.7 Å². The summed E-state index contributed by atoms with van der Waals surface area (Å²) < 4.78 is 46.8. The summed E-state index contributed by atoms with van der Waals surface area (Å²) in [4.78, 5) is 16.9. The molecule has 3 unspecified atom stereocenters. The van der Waals surface area contributed by atoms with Crippen LogP contribution in [0.4, 0.5) is 0 Å². The first kappa shape index (κ1) is 43.4. The predicted molar refractivity (Wildman–Crippen MR) is 197 cm³/mol. The number of hydrogen-bond donors (Lipinski definition) is 8. The van der Waals surface area contributed by atoms with Gasteiger partial charge in [-0.05, 0) is 12.1 Å². The number of fused-ring (bicyclic) bond motifs is 1. The van der Waals surface area contributed by atoms with Crippen molar-refractivity contribution in [3.8, 4) is 46.3 Å². The zero-order valence-corrected chi connectivity index (χ0v) is 31.3. The summed E-state index contributed by atoms with van der Waals surface area (Å²) in [5.74, 6) is -5.64. The molecule has 58 heavy (non-hydrogen) atoms. The molecular weight excluding hydrogens is 770 g/mol. The number of nitrogens with two attached hydrogens (primary N) is 1. The van der Waals surface area contributed by atoms with Crippen molar-refractivity contribution in [2.45, 2.75) is 31.3 Å². The number of ether oxygens (including phenoxy) is 8. The van der Waals surface area contributed by atoms with Gasteiger partial charge in [0.1, 0.15) is 23.4 Å². The van der Waals surface area contributed by atoms with Gasteiger partial charge in [0.2, 0.25) is 11.8 Å². The molecule has 5 rings (SSSR count). The van der Waals surface area contributed by atoms with E-state index in [1.807, 2.05) is 0 Å². The second-order valence-corrected chi connectivity index (χ2v) is 12.6. The largest absolute Gasteiger partial charge is 0.508 e. The fourth-order valence-electron chi connectivity index (χ4n) is 5.75. The minimum atomic E-state index is -1.51. The van der Waals surface area contributed by atoms with Gasteiger partial charge in [0.15, 0.2) is 29.5 Å². The Hall–Kier alpha value is -5.68. The van der Waals surface area contributed by atoms with Gasteiger partial charge in [-0.3, -0.25) is 0 Å². The molecule has 0 saturated carbocycles. The van der Waals surface area contributed by atoms with E-state index in [-0.39, 0.29) is 41.3 Å². The standard InChI is InChI=1S/C37H47N5O16/c38-2-5-52-8-10-54-12-14-55-13-11-53-9-7-51-4-1-24-21-42(41-40-24)3-6-56-35-32-26(44)19-25(43)20-29(32)57-34(22-15-27(45)33(49)28(46)16-22)36(35)58-37(50)23-17-30(47)39-31(48)18-23/h15-21,34-36,43-46,49H,1-14,38H2,(H2,39,47,48). The van der Waals surface area contributed by atoms with Crippen LogP contribution in [-0.2, 0) is 46.1 Å². The number of phenolic OH excluding ortho intramolecular Hbond substituents is 5. The second kappa shape index (κ2) is 21.7. The molecule has 2 aromatic carbocycles. The van der Waals surface area contributed by atoms with Crippen LogP contribution in [0.2, 0.25) is 0 Å². The van der Waals surface area contributed by atoms with Crippen LogP contribution in [0.1, 0.15) is 39.4 Å². The fraction of sp³-hybridized carbons (Fsp3) is 0.459. The van der Waals surface area contributed by atoms with Gasteiger partial charge in [-0.15, -0.1) is 5.10 Å². The third kappa shape index (κ3) is 12.4. The van der Waals surface area contributed by atoms with Crippen molar-refractivity contribution >= 4 is 5.97 Å². The van der Waals surface area contributed by atoms with Crippen LogP contribution >= 0.6 is 0 Å². The zero-order valence-electron chi connectivity index (χ0n) is 31.3. The number of aromatic hydroxyl groups is 7. The Morgan fingerprint density at radius 2 is 1.31 bits per heavy atom. The average Bonchev–Trinajstić information content (AvgIpc) is 3.63. The molecule has 0 amide bonds. The van der Waals surface area contributed by atoms with E-state index in [9.17, 15) is 40.5 Å². The summed E-state index contributed by atoms with van der Waals surface area (Å²) >= 11 is 0. The van der Waals surface area contributed by atoms with E-state index in [1.54, 1.807) is 6.20 Å². The summed E-state index contributed by atoms with van der Waals surface area (Å²) in [6, 6.07) is 6.22. The quantitative estimate of drug-likeness (QED) is 0.0281. The van der Waals surface area contributed by atoms with Crippen LogP contribution in [-0.4, -0.2) is 147 Å². The van der Waals surface area contributed by atoms with E-state index in [0.717, 1.165) is 30.3 Å². The van der Waals surface area contributed by atoms with Gasteiger partial charge >= 0.3 is 5.97 Å². The van der Waals surface area contributed by atoms with Crippen LogP contribution in [0.25, 0.3) is 0 Å². The number of pyridine rings is 1. The molecule has 0 saturated heterocycles. The minimum Gasteiger partial charge on any atom is -0.508 e. The third-order valence-electron chi connectivity index (χ3n) is 8.39. The SMILES string of the molecule is NCCOCCOCCOCCOCCOCCc1cn(CCOC2c3c(O)cc(O)cc3OC(c3cc(O)c(O)c(O)c3)C2OC(=O)c2cc(O)nc(O)c2)nn1. The van der Waals surface area contributed by atoms with Crippen molar-refractivity contribution in [1.82, 2.24) is 20.0 Å². The maximum atomic E-state index is 13.5. The number of phenols is 5. The lowest BCUT2D eigenvalue weighted by Crippen LogP contribution is -2.40. The number of carbonyl (C=O) groups excluding carboxylic acids is 1. The van der Waals surface area contributed by atoms with Gasteiger partial charge in [0.05, 0.1) is 96.0 Å². The number of rotatable bonds is 24. The number of benzene rings is 2. The summed E-state index contributed by atoms with van der Waals surface area (Å²) in [7, 11) is 0. The van der Waals surface area contributed by atoms with Gasteiger partial charge in [-0.2, -0.15) is 4.98 Å². The molecule has 316 valence electrons. The molecule has 9 N–H and O–H groups in total. The van der Waals surface area contributed by atoms with E-state index >= 15 is 0 Å². The zero-order chi connectivity index (χ0) is 41.4. The molecule has 0 radical (unpaired) electrons. The van der Waals surface area contributed by atoms with E-state index in [4.69, 9.17) is 43.6 Å². The van der Waals surface area contributed by atoms with Gasteiger partial charge in [-0.1, -0.05) is 5.21 Å². The fourth-order valence-corrected chi connectivity index (χ4v) is 5.75. The summed E-state index contributed by atoms with van der Waals surface area (Å²) in [6.45, 7) is 4.84. The van der Waals surface area contributed by atoms with Crippen molar-refractivity contribution in [2.75, 3.05) is 79.2 Å². The Bertz CT molecular complexity index is 1890. The first-order valence-corrected chi connectivity index (χ1v) is 18.2. The van der Waals surface area contributed by atoms with Crippen LogP contribution in [0.5, 0.6) is 46.3 Å². The smallest absolute Gasteiger partial charge is 0.339 e. The van der Waals surface area contributed by atoms with Crippen molar-refractivity contribution in [1.29, 1.82) is 0 Å². The highest BCUT2D eigenvalue weighted by molar-refractivity contribution is 5.90. The van der Waals surface area contributed by atoms with Gasteiger partial charge in [0.25, 0.3) is 0 Å². The maximum Gasteiger partial charge on any atom is 0.339 e. The van der Waals surface area contributed by atoms with E-state index in [2.05, 4.69) is 15.3 Å². The van der Waals surface area contributed by atoms with Crippen molar-refractivity contribution in [2.24, 2.45) is 5.73 Å². The van der Waals surface area contributed by atoms with Gasteiger partial charge < -0.3 is 79.4 Å². The molecule has 1 aliphatic rings. The molecule has 0 bridgehead atoms. The summed E-state index contributed by atoms with van der Waals surface area (Å²) in [5, 5.41) is 80.0. The third-order valence-corrected chi connectivity index (χ3v) is 8.39. The Morgan fingerprint density at radius 3 is 1.91 bits per heavy atom. The Kier molecular flexibility index (Phi) is 16.3. The lowest BCUT2D eigenvalue weighted by Gasteiger charge is -2.39. The summed E-state index contributed by atoms with van der Waals surface area (Å²) in [5.41, 5.74) is 5.65. The molecule has 0 spiro atoms. The number of esters is 1. The van der Waals surface area contributed by atoms with Crippen molar-refractivity contribution in [3.63, 3.8) is 0 Å². The molecule has 1 aliphatic heterocycles. The highest BCUT2D eigenvalue weighted by Crippen LogP contribution is 2.51. The molecule has 4 aromatic rings. The second-order valence-electron chi connectivity index (χ2n) is 12.6. The first-order chi connectivity index (χ1) is 28.0. The van der Waals surface area contributed by atoms with E-state index in [1.165, 1.54) is 10.7 Å². The Labute approximate surface area is 331 Å². The maximum absolute atomic E-state index is 13.5. The Morgan fingerprint density at radius 1 is 0.724 bits per heavy atom. The highest BCUT2D eigenvalue weighted by atomic mass is 16.6. The first-order valence-electron chi connectivity index (χ1n) is 18.2. The molecule has 0 fully saturated rings. The van der Waals surface area contributed by atoms with Gasteiger partial charge in [0, 0.05) is 49.0 Å². The normalized spacial score (nSPS) is 16.2. The molecule has 21 heteroatoms. The summed E-state index contributed by atoms with van der Waals surface area (Å²) in [6.07, 6.45) is -2.10. The number of aromatic nitrogens is 4. The molecular formula is C37H47N5O16. The molecule has 3 heterocycles. The van der Waals surface area contributed by atoms with Crippen LogP contribution in [0, 0.1) is 0 Å². The van der Waals surface area contributed by atoms with Crippen LogP contribution in [0.15, 0.2) is 42.6 Å². The Balaban J connectivity index is 1.16. The molecule has 21 nitrogen and oxygen atoms in total. The van der Waals surface area contributed by atoms with E-state index < -0.39 is 59.0 Å². The number of hydrogen-bond acceptors (Lipinski definition) is 20. The molecule has 3 atom stereocenters. The highest BCUT2D eigenvalue weighted by Gasteiger charge is 2.45. The lowest BCUT2D eigenvalue weighted by molar-refractivity contribution is -0.112. The molecule has 0 aliphatic carbocycles. The van der Waals surface area contributed by atoms with Crippen LogP contribution < -0.4 is 10.5 Å². The predicted octanol–water partition coefficient (Wildman–Crippen LogP) is 1.31. The average molecular weight is 818 g/mol. The number of carbonyl (C=O) groups is 1. The van der Waals surface area contributed by atoms with Crippen molar-refractivity contribution < 1.29 is 78.4 Å². The van der Waals surface area contributed by atoms with Gasteiger partial charge in [-0.25, -0.2) is 9.48 Å². The lowest BCUT2D eigenvalue weighted by atomic mass is 9.90. The van der Waals surface area contributed by atoms with Crippen molar-refractivity contribution in [3.05, 3.63) is 65.0 Å². The number of nitrogens with zero attached hydrogens (tertiary/aromatic N) is 4. The van der Waals surface area contributed by atoms with Crippen LogP contribution in [0.3, 0.4) is 0 Å². The monoisotopic (exact) mass is 817 g/mol. The topological polar surface area (TPSA) is 302 Å².